The molecule has 1 fully saturated rings. The van der Waals surface area contributed by atoms with Crippen LogP contribution in [0.2, 0.25) is 0 Å². The third-order valence-corrected chi connectivity index (χ3v) is 8.16. The van der Waals surface area contributed by atoms with Crippen LogP contribution in [0.5, 0.6) is 5.75 Å². The largest absolute Gasteiger partial charge is 0.484 e. The van der Waals surface area contributed by atoms with Gasteiger partial charge in [0.05, 0.1) is 4.90 Å². The van der Waals surface area contributed by atoms with Crippen LogP contribution in [0.3, 0.4) is 0 Å². The number of rotatable bonds is 8. The smallest absolute Gasteiger partial charge is 0.262 e. The van der Waals surface area contributed by atoms with Crippen molar-refractivity contribution in [2.75, 3.05) is 37.0 Å². The predicted molar refractivity (Wildman–Crippen MR) is 144 cm³/mol. The van der Waals surface area contributed by atoms with E-state index >= 15 is 0 Å². The fraction of sp³-hybridized carbons (Fsp3) is 0.286. The number of amides is 2. The van der Waals surface area contributed by atoms with Crippen molar-refractivity contribution < 1.29 is 22.7 Å². The summed E-state index contributed by atoms with van der Waals surface area (Å²) in [5.74, 6) is -0.0719. The third kappa shape index (κ3) is 6.55. The fourth-order valence-electron chi connectivity index (χ4n) is 4.11. The zero-order valence-electron chi connectivity index (χ0n) is 21.0. The molecule has 2 amide bonds. The van der Waals surface area contributed by atoms with Crippen molar-refractivity contribution in [3.8, 4) is 5.75 Å². The Kier molecular flexibility index (Phi) is 8.25. The molecule has 0 radical (unpaired) electrons. The molecule has 3 aromatic carbocycles. The summed E-state index contributed by atoms with van der Waals surface area (Å²) >= 11 is 0. The molecular formula is C28H31N3O5S. The summed E-state index contributed by atoms with van der Waals surface area (Å²) in [5, 5.41) is 2.69. The number of nitrogens with one attached hydrogen (secondary N) is 1. The number of hydrogen-bond acceptors (Lipinski definition) is 5. The van der Waals surface area contributed by atoms with Gasteiger partial charge in [-0.25, -0.2) is 8.42 Å². The summed E-state index contributed by atoms with van der Waals surface area (Å²) < 4.78 is 32.9. The van der Waals surface area contributed by atoms with E-state index < -0.39 is 15.9 Å². The van der Waals surface area contributed by atoms with Crippen molar-refractivity contribution >= 4 is 33.2 Å². The number of anilines is 2. The van der Waals surface area contributed by atoms with Crippen LogP contribution in [0.15, 0.2) is 77.7 Å². The normalized spacial score (nSPS) is 14.1. The summed E-state index contributed by atoms with van der Waals surface area (Å²) in [7, 11) is -1.89. The molecule has 0 aromatic heterocycles. The number of ether oxygens (including phenoxy) is 1. The van der Waals surface area contributed by atoms with Crippen LogP contribution in [0, 0.1) is 6.92 Å². The van der Waals surface area contributed by atoms with Gasteiger partial charge in [0, 0.05) is 37.1 Å². The van der Waals surface area contributed by atoms with E-state index in [1.807, 2.05) is 19.1 Å². The monoisotopic (exact) mass is 521 g/mol. The minimum absolute atomic E-state index is 0.127. The van der Waals surface area contributed by atoms with Crippen LogP contribution in [0.1, 0.15) is 35.2 Å². The van der Waals surface area contributed by atoms with E-state index in [1.54, 1.807) is 60.5 Å². The Hall–Kier alpha value is -3.69. The molecule has 37 heavy (non-hydrogen) atoms. The van der Waals surface area contributed by atoms with Crippen LogP contribution in [-0.2, 0) is 14.8 Å². The van der Waals surface area contributed by atoms with Crippen molar-refractivity contribution in [2.24, 2.45) is 0 Å². The lowest BCUT2D eigenvalue weighted by atomic mass is 10.1. The molecule has 1 aliphatic rings. The van der Waals surface area contributed by atoms with Gasteiger partial charge in [-0.15, -0.1) is 0 Å². The average Bonchev–Trinajstić information content (AvgIpc) is 2.92. The summed E-state index contributed by atoms with van der Waals surface area (Å²) in [6.07, 6.45) is 2.74. The highest BCUT2D eigenvalue weighted by atomic mass is 32.2. The molecule has 1 N–H and O–H groups in total. The van der Waals surface area contributed by atoms with Crippen LogP contribution >= 0.6 is 0 Å². The van der Waals surface area contributed by atoms with Gasteiger partial charge in [-0.3, -0.25) is 9.59 Å². The minimum atomic E-state index is -3.59. The summed E-state index contributed by atoms with van der Waals surface area (Å²) in [6.45, 7) is 2.75. The Labute approximate surface area is 217 Å². The molecule has 0 bridgehead atoms. The van der Waals surface area contributed by atoms with Crippen molar-refractivity contribution in [1.29, 1.82) is 0 Å². The first kappa shape index (κ1) is 26.4. The number of carbonyl (C=O) groups is 2. The average molecular weight is 522 g/mol. The first-order valence-corrected chi connectivity index (χ1v) is 13.7. The second-order valence-corrected chi connectivity index (χ2v) is 11.0. The third-order valence-electron chi connectivity index (χ3n) is 6.27. The zero-order valence-corrected chi connectivity index (χ0v) is 21.8. The zero-order chi connectivity index (χ0) is 26.4. The number of carbonyl (C=O) groups excluding carboxylic acids is 2. The molecule has 194 valence electrons. The maximum absolute atomic E-state index is 12.9. The lowest BCUT2D eigenvalue weighted by Crippen LogP contribution is -2.35. The SMILES string of the molecule is Cc1ccc(C(=O)N(C)c2ccc(OCC(=O)Nc3cccc(S(=O)(=O)N4CCCCC4)c3)cc2)cc1. The number of piperidine rings is 1. The van der Waals surface area contributed by atoms with Crippen molar-refractivity contribution in [3.63, 3.8) is 0 Å². The van der Waals surface area contributed by atoms with Gasteiger partial charge >= 0.3 is 0 Å². The van der Waals surface area contributed by atoms with Crippen molar-refractivity contribution in [1.82, 2.24) is 4.31 Å². The van der Waals surface area contributed by atoms with Gasteiger partial charge in [0.1, 0.15) is 5.75 Å². The topological polar surface area (TPSA) is 96.0 Å². The Morgan fingerprint density at radius 2 is 1.62 bits per heavy atom. The highest BCUT2D eigenvalue weighted by Crippen LogP contribution is 2.23. The molecule has 1 aliphatic heterocycles. The number of hydrogen-bond donors (Lipinski definition) is 1. The molecule has 0 saturated carbocycles. The number of aryl methyl sites for hydroxylation is 1. The van der Waals surface area contributed by atoms with Gasteiger partial charge < -0.3 is 15.0 Å². The van der Waals surface area contributed by atoms with Gasteiger partial charge in [0.15, 0.2) is 6.61 Å². The summed E-state index contributed by atoms with van der Waals surface area (Å²) in [5.41, 5.74) is 2.75. The standard InChI is InChI=1S/C28H31N3O5S/c1-21-9-11-22(12-10-21)28(33)30(2)24-13-15-25(16-14-24)36-20-27(32)29-23-7-6-8-26(19-23)37(34,35)31-17-4-3-5-18-31/h6-16,19H,3-5,17-18,20H2,1-2H3,(H,29,32). The molecule has 4 rings (SSSR count). The van der Waals surface area contributed by atoms with E-state index in [0.29, 0.717) is 35.8 Å². The van der Waals surface area contributed by atoms with E-state index in [-0.39, 0.29) is 17.4 Å². The summed E-state index contributed by atoms with van der Waals surface area (Å²) in [4.78, 5) is 26.9. The molecule has 0 spiro atoms. The Balaban J connectivity index is 1.32. The minimum Gasteiger partial charge on any atom is -0.484 e. The quantitative estimate of drug-likeness (QED) is 0.472. The second-order valence-electron chi connectivity index (χ2n) is 9.05. The van der Waals surface area contributed by atoms with Crippen molar-refractivity contribution in [3.05, 3.63) is 83.9 Å². The van der Waals surface area contributed by atoms with Gasteiger partial charge in [-0.2, -0.15) is 4.31 Å². The van der Waals surface area contributed by atoms with E-state index in [9.17, 15) is 18.0 Å². The van der Waals surface area contributed by atoms with Gasteiger partial charge in [-0.05, 0) is 74.4 Å². The molecule has 3 aromatic rings. The highest BCUT2D eigenvalue weighted by molar-refractivity contribution is 7.89. The number of sulfonamides is 1. The molecule has 1 saturated heterocycles. The maximum atomic E-state index is 12.9. The fourth-order valence-corrected chi connectivity index (χ4v) is 5.67. The summed E-state index contributed by atoms with van der Waals surface area (Å²) in [6, 6.07) is 20.5. The van der Waals surface area contributed by atoms with Gasteiger partial charge in [0.25, 0.3) is 11.8 Å². The van der Waals surface area contributed by atoms with Crippen LogP contribution in [0.4, 0.5) is 11.4 Å². The Bertz CT molecular complexity index is 1350. The van der Waals surface area contributed by atoms with E-state index in [2.05, 4.69) is 5.32 Å². The Morgan fingerprint density at radius 1 is 0.946 bits per heavy atom. The number of nitrogens with zero attached hydrogens (tertiary/aromatic N) is 2. The van der Waals surface area contributed by atoms with E-state index in [4.69, 9.17) is 4.74 Å². The van der Waals surface area contributed by atoms with Gasteiger partial charge in [-0.1, -0.05) is 30.2 Å². The van der Waals surface area contributed by atoms with E-state index in [0.717, 1.165) is 24.8 Å². The van der Waals surface area contributed by atoms with Crippen LogP contribution in [0.25, 0.3) is 0 Å². The second kappa shape index (κ2) is 11.6. The molecule has 1 heterocycles. The number of benzene rings is 3. The molecule has 0 aliphatic carbocycles. The van der Waals surface area contributed by atoms with Crippen molar-refractivity contribution in [2.45, 2.75) is 31.1 Å². The van der Waals surface area contributed by atoms with Gasteiger partial charge in [0.2, 0.25) is 10.0 Å². The highest BCUT2D eigenvalue weighted by Gasteiger charge is 2.26. The first-order chi connectivity index (χ1) is 17.7. The predicted octanol–water partition coefficient (Wildman–Crippen LogP) is 4.46. The van der Waals surface area contributed by atoms with Crippen LogP contribution < -0.4 is 15.0 Å². The lowest BCUT2D eigenvalue weighted by molar-refractivity contribution is -0.118. The molecule has 0 unspecified atom stereocenters. The Morgan fingerprint density at radius 3 is 2.30 bits per heavy atom. The van der Waals surface area contributed by atoms with E-state index in [1.165, 1.54) is 16.4 Å². The molecule has 0 atom stereocenters. The maximum Gasteiger partial charge on any atom is 0.262 e. The molecule has 8 nitrogen and oxygen atoms in total. The lowest BCUT2D eigenvalue weighted by Gasteiger charge is -2.26. The molecule has 9 heteroatoms. The first-order valence-electron chi connectivity index (χ1n) is 12.2. The molecular weight excluding hydrogens is 490 g/mol. The van der Waals surface area contributed by atoms with Crippen LogP contribution in [-0.4, -0.2) is 51.3 Å².